The molecule has 2 aromatic rings. The van der Waals surface area contributed by atoms with E-state index >= 15 is 0 Å². The van der Waals surface area contributed by atoms with Crippen molar-refractivity contribution in [1.82, 2.24) is 5.43 Å². The topological polar surface area (TPSA) is 33.6 Å². The van der Waals surface area contributed by atoms with Crippen LogP contribution in [0.15, 0.2) is 59.7 Å². The molecule has 1 aliphatic heterocycles. The first-order valence-electron chi connectivity index (χ1n) is 6.46. The van der Waals surface area contributed by atoms with Crippen molar-refractivity contribution < 1.29 is 4.74 Å². The minimum absolute atomic E-state index is 0.135. The van der Waals surface area contributed by atoms with E-state index in [0.29, 0.717) is 0 Å². The number of halogens is 1. The Bertz CT molecular complexity index is 610. The lowest BCUT2D eigenvalue weighted by Crippen LogP contribution is -2.21. The zero-order valence-electron chi connectivity index (χ0n) is 11.1. The van der Waals surface area contributed by atoms with E-state index in [9.17, 15) is 0 Å². The fourth-order valence-corrected chi connectivity index (χ4v) is 3.10. The summed E-state index contributed by atoms with van der Waals surface area (Å²) in [5.41, 5.74) is 6.56. The molecule has 3 nitrogen and oxygen atoms in total. The highest BCUT2D eigenvalue weighted by Crippen LogP contribution is 2.31. The second-order valence-corrected chi connectivity index (χ2v) is 5.63. The largest absolute Gasteiger partial charge is 0.497 e. The maximum Gasteiger partial charge on any atom is 0.118 e. The second-order valence-electron chi connectivity index (χ2n) is 4.64. The van der Waals surface area contributed by atoms with Gasteiger partial charge in [0.05, 0.1) is 23.7 Å². The lowest BCUT2D eigenvalue weighted by atomic mass is 9.99. The van der Waals surface area contributed by atoms with E-state index in [2.05, 4.69) is 50.7 Å². The molecule has 1 aliphatic rings. The van der Waals surface area contributed by atoms with Gasteiger partial charge in [-0.15, -0.1) is 0 Å². The van der Waals surface area contributed by atoms with Gasteiger partial charge >= 0.3 is 0 Å². The molecule has 0 aromatic heterocycles. The fraction of sp³-hybridized carbons (Fsp3) is 0.188. The first-order valence-corrected chi connectivity index (χ1v) is 7.37. The highest BCUT2D eigenvalue weighted by Gasteiger charge is 2.31. The Morgan fingerprint density at radius 2 is 1.75 bits per heavy atom. The van der Waals surface area contributed by atoms with Crippen molar-refractivity contribution in [3.05, 3.63) is 65.7 Å². The van der Waals surface area contributed by atoms with Crippen LogP contribution in [0.3, 0.4) is 0 Å². The Morgan fingerprint density at radius 3 is 2.40 bits per heavy atom. The zero-order chi connectivity index (χ0) is 13.9. The smallest absolute Gasteiger partial charge is 0.118 e. The van der Waals surface area contributed by atoms with Gasteiger partial charge in [0.1, 0.15) is 5.75 Å². The van der Waals surface area contributed by atoms with Crippen molar-refractivity contribution in [2.45, 2.75) is 10.9 Å². The first-order chi connectivity index (χ1) is 9.79. The summed E-state index contributed by atoms with van der Waals surface area (Å²) in [6.45, 7) is 0. The molecule has 2 unspecified atom stereocenters. The molecule has 0 saturated heterocycles. The zero-order valence-corrected chi connectivity index (χ0v) is 12.7. The molecule has 2 atom stereocenters. The molecule has 4 heteroatoms. The second kappa shape index (κ2) is 5.67. The van der Waals surface area contributed by atoms with Crippen molar-refractivity contribution in [3.8, 4) is 5.75 Å². The van der Waals surface area contributed by atoms with Crippen molar-refractivity contribution in [1.29, 1.82) is 0 Å². The molecule has 102 valence electrons. The van der Waals surface area contributed by atoms with E-state index in [1.54, 1.807) is 7.11 Å². The molecule has 0 spiro atoms. The molecule has 0 fully saturated rings. The summed E-state index contributed by atoms with van der Waals surface area (Å²) < 4.78 is 5.19. The maximum atomic E-state index is 5.19. The number of hydrazone groups is 1. The van der Waals surface area contributed by atoms with Crippen LogP contribution in [-0.4, -0.2) is 17.6 Å². The van der Waals surface area contributed by atoms with Gasteiger partial charge in [-0.3, -0.25) is 0 Å². The van der Waals surface area contributed by atoms with Crippen LogP contribution in [0.4, 0.5) is 0 Å². The average molecular weight is 331 g/mol. The third kappa shape index (κ3) is 2.43. The van der Waals surface area contributed by atoms with Gasteiger partial charge in [0.25, 0.3) is 0 Å². The van der Waals surface area contributed by atoms with Crippen LogP contribution in [0.5, 0.6) is 5.75 Å². The highest BCUT2D eigenvalue weighted by atomic mass is 79.9. The number of alkyl halides is 1. The van der Waals surface area contributed by atoms with Gasteiger partial charge in [-0.05, 0) is 23.3 Å². The summed E-state index contributed by atoms with van der Waals surface area (Å²) in [5.74, 6) is 0.863. The van der Waals surface area contributed by atoms with Gasteiger partial charge < -0.3 is 10.2 Å². The van der Waals surface area contributed by atoms with Crippen LogP contribution in [-0.2, 0) is 0 Å². The molecule has 0 radical (unpaired) electrons. The van der Waals surface area contributed by atoms with Crippen molar-refractivity contribution in [3.63, 3.8) is 0 Å². The molecule has 0 amide bonds. The number of hydrogen-bond acceptors (Lipinski definition) is 3. The summed E-state index contributed by atoms with van der Waals surface area (Å²) in [7, 11) is 1.67. The third-order valence-electron chi connectivity index (χ3n) is 3.42. The van der Waals surface area contributed by atoms with Crippen LogP contribution in [0.1, 0.15) is 17.2 Å². The van der Waals surface area contributed by atoms with Gasteiger partial charge in [0.2, 0.25) is 0 Å². The Labute approximate surface area is 126 Å². The molecule has 1 N–H and O–H groups in total. The number of nitrogens with zero attached hydrogens (tertiary/aromatic N) is 1. The molecule has 0 bridgehead atoms. The Kier molecular flexibility index (Phi) is 3.74. The van der Waals surface area contributed by atoms with E-state index in [1.165, 1.54) is 5.56 Å². The van der Waals surface area contributed by atoms with E-state index in [4.69, 9.17) is 4.74 Å². The number of ether oxygens (including phenoxy) is 1. The minimum atomic E-state index is 0.135. The molecule has 20 heavy (non-hydrogen) atoms. The normalized spacial score (nSPS) is 21.2. The first kappa shape index (κ1) is 13.2. The highest BCUT2D eigenvalue weighted by molar-refractivity contribution is 9.10. The third-order valence-corrected chi connectivity index (χ3v) is 4.38. The molecule has 0 aliphatic carbocycles. The number of benzene rings is 2. The van der Waals surface area contributed by atoms with Gasteiger partial charge in [-0.2, -0.15) is 5.10 Å². The Morgan fingerprint density at radius 1 is 1.05 bits per heavy atom. The summed E-state index contributed by atoms with van der Waals surface area (Å²) in [6, 6.07) is 18.4. The predicted octanol–water partition coefficient (Wildman–Crippen LogP) is 3.51. The predicted molar refractivity (Wildman–Crippen MR) is 84.6 cm³/mol. The lowest BCUT2D eigenvalue weighted by molar-refractivity contribution is 0.414. The number of hydrogen-bond donors (Lipinski definition) is 1. The monoisotopic (exact) mass is 330 g/mol. The van der Waals surface area contributed by atoms with E-state index in [-0.39, 0.29) is 10.9 Å². The van der Waals surface area contributed by atoms with E-state index < -0.39 is 0 Å². The van der Waals surface area contributed by atoms with Crippen molar-refractivity contribution in [2.75, 3.05) is 7.11 Å². The number of methoxy groups -OCH3 is 1. The van der Waals surface area contributed by atoms with Gasteiger partial charge in [0.15, 0.2) is 0 Å². The Balaban J connectivity index is 1.82. The van der Waals surface area contributed by atoms with Crippen LogP contribution in [0.2, 0.25) is 0 Å². The molecular weight excluding hydrogens is 316 g/mol. The summed E-state index contributed by atoms with van der Waals surface area (Å²) in [6.07, 6.45) is 0. The quantitative estimate of drug-likeness (QED) is 0.874. The van der Waals surface area contributed by atoms with Crippen LogP contribution in [0.25, 0.3) is 0 Å². The summed E-state index contributed by atoms with van der Waals surface area (Å²) >= 11 is 3.76. The standard InChI is InChI=1S/C16H15BrN2O/c1-20-13-9-7-12(8-10-13)16-14(17)15(18-19-16)11-5-3-2-4-6-11/h2-10,14,16,19H,1H3. The van der Waals surface area contributed by atoms with Gasteiger partial charge in [-0.25, -0.2) is 0 Å². The van der Waals surface area contributed by atoms with Gasteiger partial charge in [0, 0.05) is 0 Å². The molecular formula is C16H15BrN2O. The minimum Gasteiger partial charge on any atom is -0.497 e. The van der Waals surface area contributed by atoms with Crippen LogP contribution in [0, 0.1) is 0 Å². The molecule has 1 heterocycles. The lowest BCUT2D eigenvalue weighted by Gasteiger charge is -2.16. The van der Waals surface area contributed by atoms with Crippen LogP contribution >= 0.6 is 15.9 Å². The average Bonchev–Trinajstić information content (AvgIpc) is 2.90. The van der Waals surface area contributed by atoms with Crippen LogP contribution < -0.4 is 10.2 Å². The van der Waals surface area contributed by atoms with E-state index in [0.717, 1.165) is 17.0 Å². The Hall–Kier alpha value is -1.81. The van der Waals surface area contributed by atoms with Crippen molar-refractivity contribution >= 4 is 21.6 Å². The maximum absolute atomic E-state index is 5.19. The summed E-state index contributed by atoms with van der Waals surface area (Å²) in [4.78, 5) is 0.151. The van der Waals surface area contributed by atoms with Crippen molar-refractivity contribution in [2.24, 2.45) is 5.10 Å². The molecule has 2 aromatic carbocycles. The fourth-order valence-electron chi connectivity index (χ4n) is 2.31. The molecule has 3 rings (SSSR count). The van der Waals surface area contributed by atoms with E-state index in [1.807, 2.05) is 30.3 Å². The number of nitrogens with one attached hydrogen (secondary N) is 1. The number of rotatable bonds is 3. The molecule has 0 saturated carbocycles. The van der Waals surface area contributed by atoms with Gasteiger partial charge in [-0.1, -0.05) is 58.4 Å². The summed E-state index contributed by atoms with van der Waals surface area (Å²) in [5, 5.41) is 4.48. The SMILES string of the molecule is COc1ccc(C2NN=C(c3ccccc3)C2Br)cc1.